The molecule has 1 N–H and O–H groups in total. The lowest BCUT2D eigenvalue weighted by molar-refractivity contribution is -0.143. The molecule has 112 valence electrons. The summed E-state index contributed by atoms with van der Waals surface area (Å²) in [5.41, 5.74) is 0.522. The molecule has 0 unspecified atom stereocenters. The maximum atomic E-state index is 12.2. The van der Waals surface area contributed by atoms with Crippen LogP contribution in [-0.2, 0) is 14.4 Å². The Hall–Kier alpha value is -2.57. The fraction of sp³-hybridized carbons (Fsp3) is 0.357. The van der Waals surface area contributed by atoms with Gasteiger partial charge in [-0.2, -0.15) is 0 Å². The molecule has 1 heterocycles. The molecule has 0 atom stereocenters. The molecule has 7 nitrogen and oxygen atoms in total. The van der Waals surface area contributed by atoms with Crippen molar-refractivity contribution in [3.05, 3.63) is 24.3 Å². The van der Waals surface area contributed by atoms with Crippen LogP contribution < -0.4 is 9.64 Å². The second kappa shape index (κ2) is 6.25. The van der Waals surface area contributed by atoms with Crippen LogP contribution >= 0.6 is 0 Å². The number of para-hydroxylation sites is 2. The smallest absolute Gasteiger partial charge is 0.323 e. The third kappa shape index (κ3) is 3.31. The molecule has 0 aromatic heterocycles. The van der Waals surface area contributed by atoms with Crippen molar-refractivity contribution in [1.82, 2.24) is 4.90 Å². The first-order chi connectivity index (χ1) is 10.0. The van der Waals surface area contributed by atoms with E-state index in [1.54, 1.807) is 31.2 Å². The molecular formula is C14H16N2O5. The molecule has 0 bridgehead atoms. The number of carboxylic acids is 1. The predicted octanol–water partition coefficient (Wildman–Crippen LogP) is 0.345. The van der Waals surface area contributed by atoms with Gasteiger partial charge in [0.05, 0.1) is 5.69 Å². The molecule has 0 saturated heterocycles. The van der Waals surface area contributed by atoms with Crippen LogP contribution in [0.2, 0.25) is 0 Å². The number of amides is 2. The fourth-order valence-electron chi connectivity index (χ4n) is 2.10. The summed E-state index contributed by atoms with van der Waals surface area (Å²) in [5, 5.41) is 8.79. The van der Waals surface area contributed by atoms with Crippen molar-refractivity contribution in [2.75, 3.05) is 31.1 Å². The number of rotatable bonds is 5. The molecule has 1 aromatic carbocycles. The van der Waals surface area contributed by atoms with E-state index < -0.39 is 11.9 Å². The van der Waals surface area contributed by atoms with Gasteiger partial charge in [-0.15, -0.1) is 0 Å². The van der Waals surface area contributed by atoms with Gasteiger partial charge in [0.1, 0.15) is 18.8 Å². The molecule has 2 rings (SSSR count). The van der Waals surface area contributed by atoms with Crippen molar-refractivity contribution in [2.45, 2.75) is 6.92 Å². The molecule has 1 aliphatic rings. The summed E-state index contributed by atoms with van der Waals surface area (Å²) in [6.45, 7) is 1.26. The first kappa shape index (κ1) is 14.8. The average molecular weight is 292 g/mol. The number of ether oxygens (including phenoxy) is 1. The average Bonchev–Trinajstić information content (AvgIpc) is 2.47. The van der Waals surface area contributed by atoms with Crippen molar-refractivity contribution >= 4 is 23.5 Å². The van der Waals surface area contributed by atoms with Crippen molar-refractivity contribution in [2.24, 2.45) is 0 Å². The Morgan fingerprint density at radius 3 is 2.76 bits per heavy atom. The quantitative estimate of drug-likeness (QED) is 0.846. The lowest BCUT2D eigenvalue weighted by Gasteiger charge is -2.30. The number of hydrogen-bond donors (Lipinski definition) is 1. The Balaban J connectivity index is 2.16. The first-order valence-corrected chi connectivity index (χ1v) is 6.54. The largest absolute Gasteiger partial charge is 0.482 e. The number of anilines is 1. The number of fused-ring (bicyclic) bond motifs is 1. The molecule has 1 aromatic rings. The SMILES string of the molecule is CCN(CC(=O)O)C(=O)CN1C(=O)COc2ccccc21. The lowest BCUT2D eigenvalue weighted by atomic mass is 10.2. The highest BCUT2D eigenvalue weighted by Crippen LogP contribution is 2.31. The van der Waals surface area contributed by atoms with Gasteiger partial charge in [0.2, 0.25) is 5.91 Å². The summed E-state index contributed by atoms with van der Waals surface area (Å²) in [6.07, 6.45) is 0. The summed E-state index contributed by atoms with van der Waals surface area (Å²) >= 11 is 0. The second-order valence-corrected chi connectivity index (χ2v) is 4.54. The molecule has 1 aliphatic heterocycles. The van der Waals surface area contributed by atoms with Crippen LogP contribution in [0.15, 0.2) is 24.3 Å². The summed E-state index contributed by atoms with van der Waals surface area (Å²) < 4.78 is 5.29. The van der Waals surface area contributed by atoms with E-state index in [1.807, 2.05) is 0 Å². The van der Waals surface area contributed by atoms with Gasteiger partial charge in [-0.25, -0.2) is 0 Å². The number of carbonyl (C=O) groups excluding carboxylic acids is 2. The third-order valence-corrected chi connectivity index (χ3v) is 3.16. The Kier molecular flexibility index (Phi) is 4.42. The third-order valence-electron chi connectivity index (χ3n) is 3.16. The zero-order valence-electron chi connectivity index (χ0n) is 11.6. The maximum absolute atomic E-state index is 12.2. The van der Waals surface area contributed by atoms with E-state index in [0.29, 0.717) is 11.4 Å². The molecule has 7 heteroatoms. The van der Waals surface area contributed by atoms with Crippen molar-refractivity contribution in [3.63, 3.8) is 0 Å². The van der Waals surface area contributed by atoms with E-state index in [4.69, 9.17) is 9.84 Å². The topological polar surface area (TPSA) is 87.2 Å². The van der Waals surface area contributed by atoms with Gasteiger partial charge < -0.3 is 14.7 Å². The van der Waals surface area contributed by atoms with Crippen molar-refractivity contribution < 1.29 is 24.2 Å². The highest BCUT2D eigenvalue weighted by molar-refractivity contribution is 6.02. The zero-order valence-corrected chi connectivity index (χ0v) is 11.6. The molecule has 0 aliphatic carbocycles. The number of aliphatic carboxylic acids is 1. The standard InChI is InChI=1S/C14H16N2O5/c1-2-15(8-14(19)20)12(17)7-16-10-5-3-4-6-11(10)21-9-13(16)18/h3-6H,2,7-9H2,1H3,(H,19,20). The van der Waals surface area contributed by atoms with Crippen LogP contribution in [0.5, 0.6) is 5.75 Å². The van der Waals surface area contributed by atoms with Gasteiger partial charge in [-0.05, 0) is 19.1 Å². The van der Waals surface area contributed by atoms with E-state index in [2.05, 4.69) is 0 Å². The van der Waals surface area contributed by atoms with Gasteiger partial charge in [-0.3, -0.25) is 19.3 Å². The normalized spacial score (nSPS) is 13.4. The Labute approximate surface area is 121 Å². The number of benzene rings is 1. The molecule has 0 radical (unpaired) electrons. The Morgan fingerprint density at radius 2 is 2.10 bits per heavy atom. The van der Waals surface area contributed by atoms with Crippen LogP contribution in [-0.4, -0.2) is 54.0 Å². The Morgan fingerprint density at radius 1 is 1.38 bits per heavy atom. The van der Waals surface area contributed by atoms with E-state index >= 15 is 0 Å². The van der Waals surface area contributed by atoms with E-state index in [0.717, 1.165) is 0 Å². The monoisotopic (exact) mass is 292 g/mol. The molecule has 21 heavy (non-hydrogen) atoms. The van der Waals surface area contributed by atoms with Gasteiger partial charge in [0, 0.05) is 6.54 Å². The van der Waals surface area contributed by atoms with Crippen LogP contribution in [0.1, 0.15) is 6.92 Å². The van der Waals surface area contributed by atoms with Crippen molar-refractivity contribution in [3.8, 4) is 5.75 Å². The number of carboxylic acid groups (broad SMARTS) is 1. The highest BCUT2D eigenvalue weighted by atomic mass is 16.5. The van der Waals surface area contributed by atoms with Gasteiger partial charge in [0.15, 0.2) is 6.61 Å². The van der Waals surface area contributed by atoms with Crippen LogP contribution in [0, 0.1) is 0 Å². The minimum absolute atomic E-state index is 0.130. The minimum Gasteiger partial charge on any atom is -0.482 e. The van der Waals surface area contributed by atoms with Gasteiger partial charge >= 0.3 is 5.97 Å². The maximum Gasteiger partial charge on any atom is 0.323 e. The minimum atomic E-state index is -1.08. The summed E-state index contributed by atoms with van der Waals surface area (Å²) in [7, 11) is 0. The van der Waals surface area contributed by atoms with Gasteiger partial charge in [0.25, 0.3) is 5.91 Å². The van der Waals surface area contributed by atoms with E-state index in [9.17, 15) is 14.4 Å². The number of nitrogens with zero attached hydrogens (tertiary/aromatic N) is 2. The zero-order chi connectivity index (χ0) is 15.4. The Bertz CT molecular complexity index is 572. The summed E-state index contributed by atoms with van der Waals surface area (Å²) in [6, 6.07) is 6.92. The number of likely N-dealkylation sites (N-methyl/N-ethyl adjacent to an activating group) is 1. The first-order valence-electron chi connectivity index (χ1n) is 6.54. The molecule has 0 spiro atoms. The predicted molar refractivity (Wildman–Crippen MR) is 74.2 cm³/mol. The number of hydrogen-bond acceptors (Lipinski definition) is 4. The fourth-order valence-corrected chi connectivity index (χ4v) is 2.10. The highest BCUT2D eigenvalue weighted by Gasteiger charge is 2.28. The van der Waals surface area contributed by atoms with Crippen molar-refractivity contribution in [1.29, 1.82) is 0 Å². The lowest BCUT2D eigenvalue weighted by Crippen LogP contribution is -2.47. The second-order valence-electron chi connectivity index (χ2n) is 4.54. The molecule has 0 saturated carbocycles. The van der Waals surface area contributed by atoms with E-state index in [1.165, 1.54) is 9.80 Å². The van der Waals surface area contributed by atoms with Crippen LogP contribution in [0.3, 0.4) is 0 Å². The molecular weight excluding hydrogens is 276 g/mol. The number of carbonyl (C=O) groups is 3. The van der Waals surface area contributed by atoms with Gasteiger partial charge in [-0.1, -0.05) is 12.1 Å². The van der Waals surface area contributed by atoms with E-state index in [-0.39, 0.29) is 32.1 Å². The van der Waals surface area contributed by atoms with Crippen LogP contribution in [0.4, 0.5) is 5.69 Å². The molecule has 0 fully saturated rings. The molecule has 2 amide bonds. The van der Waals surface area contributed by atoms with Crippen LogP contribution in [0.25, 0.3) is 0 Å². The summed E-state index contributed by atoms with van der Waals surface area (Å²) in [4.78, 5) is 37.3. The summed E-state index contributed by atoms with van der Waals surface area (Å²) in [5.74, 6) is -1.29.